The van der Waals surface area contributed by atoms with Gasteiger partial charge in [-0.1, -0.05) is 0 Å². The normalized spacial score (nSPS) is 10.4. The molecule has 0 aromatic carbocycles. The third-order valence-electron chi connectivity index (χ3n) is 2.66. The molecule has 2 aromatic heterocycles. The smallest absolute Gasteiger partial charge is 0.341 e. The summed E-state index contributed by atoms with van der Waals surface area (Å²) in [6.45, 7) is 4.08. The number of nitrogens with one attached hydrogen (secondary N) is 1. The van der Waals surface area contributed by atoms with Crippen LogP contribution in [-0.2, 0) is 11.3 Å². The third-order valence-corrected chi connectivity index (χ3v) is 3.63. The van der Waals surface area contributed by atoms with Crippen LogP contribution in [0.5, 0.6) is 0 Å². The van der Waals surface area contributed by atoms with Gasteiger partial charge >= 0.3 is 5.97 Å². The van der Waals surface area contributed by atoms with E-state index in [2.05, 4.69) is 5.32 Å². The van der Waals surface area contributed by atoms with Gasteiger partial charge in [0.05, 0.1) is 18.7 Å². The van der Waals surface area contributed by atoms with Crippen LogP contribution in [0.4, 0.5) is 5.00 Å². The first-order valence-electron chi connectivity index (χ1n) is 6.42. The second-order valence-electron chi connectivity index (χ2n) is 4.24. The molecule has 21 heavy (non-hydrogen) atoms. The fourth-order valence-corrected chi connectivity index (χ4v) is 2.64. The molecule has 0 unspecified atom stereocenters. The van der Waals surface area contributed by atoms with E-state index in [1.54, 1.807) is 25.1 Å². The lowest BCUT2D eigenvalue weighted by molar-refractivity contribution is 0.0528. The van der Waals surface area contributed by atoms with Crippen LogP contribution in [0.2, 0.25) is 0 Å². The zero-order chi connectivity index (χ0) is 15.4. The number of aryl methyl sites for hydroxylation is 1. The summed E-state index contributed by atoms with van der Waals surface area (Å²) in [5, 5.41) is 3.11. The van der Waals surface area contributed by atoms with Gasteiger partial charge in [-0.25, -0.2) is 4.79 Å². The number of ether oxygens (including phenoxy) is 1. The Bertz CT molecular complexity index is 660. The first-order valence-corrected chi connectivity index (χ1v) is 7.24. The summed E-state index contributed by atoms with van der Waals surface area (Å²) in [6.07, 6.45) is 0. The number of hydrogen-bond acceptors (Lipinski definition) is 6. The van der Waals surface area contributed by atoms with Gasteiger partial charge in [0.15, 0.2) is 5.76 Å². The summed E-state index contributed by atoms with van der Waals surface area (Å²) in [5.41, 5.74) is 5.78. The fraction of sp³-hybridized carbons (Fsp3) is 0.286. The predicted molar refractivity (Wildman–Crippen MR) is 79.6 cm³/mol. The molecule has 0 radical (unpaired) electrons. The van der Waals surface area contributed by atoms with E-state index in [1.165, 1.54) is 11.3 Å². The number of carbonyl (C=O) groups excluding carboxylic acids is 2. The van der Waals surface area contributed by atoms with Crippen molar-refractivity contribution in [2.75, 3.05) is 11.9 Å². The van der Waals surface area contributed by atoms with Crippen LogP contribution in [0, 0.1) is 6.92 Å². The monoisotopic (exact) mass is 308 g/mol. The van der Waals surface area contributed by atoms with Gasteiger partial charge in [0.2, 0.25) is 0 Å². The Hall–Kier alpha value is -2.12. The lowest BCUT2D eigenvalue weighted by Crippen LogP contribution is -2.13. The Balaban J connectivity index is 2.19. The second kappa shape index (κ2) is 6.55. The summed E-state index contributed by atoms with van der Waals surface area (Å²) >= 11 is 1.30. The fourth-order valence-electron chi connectivity index (χ4n) is 1.74. The SMILES string of the molecule is CCOC(=O)c1cc(C)sc1NC(=O)c1ccc(CN)o1. The Morgan fingerprint density at radius 2 is 2.19 bits per heavy atom. The van der Waals surface area contributed by atoms with Crippen LogP contribution in [0.3, 0.4) is 0 Å². The molecular weight excluding hydrogens is 292 g/mol. The molecule has 1 amide bonds. The van der Waals surface area contributed by atoms with Crippen LogP contribution >= 0.6 is 11.3 Å². The molecule has 0 saturated heterocycles. The van der Waals surface area contributed by atoms with Gasteiger partial charge in [0, 0.05) is 4.88 Å². The molecule has 0 atom stereocenters. The minimum atomic E-state index is -0.459. The van der Waals surface area contributed by atoms with Crippen LogP contribution in [0.15, 0.2) is 22.6 Å². The molecule has 0 aliphatic rings. The second-order valence-corrected chi connectivity index (χ2v) is 5.50. The number of nitrogens with two attached hydrogens (primary N) is 1. The molecule has 0 fully saturated rings. The van der Waals surface area contributed by atoms with E-state index in [-0.39, 0.29) is 18.9 Å². The summed E-state index contributed by atoms with van der Waals surface area (Å²) < 4.78 is 10.2. The number of esters is 1. The van der Waals surface area contributed by atoms with Crippen molar-refractivity contribution >= 4 is 28.2 Å². The molecule has 2 aromatic rings. The lowest BCUT2D eigenvalue weighted by atomic mass is 10.3. The predicted octanol–water partition coefficient (Wildman–Crippen LogP) is 2.54. The third kappa shape index (κ3) is 3.50. The molecule has 0 bridgehead atoms. The maximum atomic E-state index is 12.1. The number of thiophene rings is 1. The summed E-state index contributed by atoms with van der Waals surface area (Å²) in [5.74, 6) is -0.217. The maximum Gasteiger partial charge on any atom is 0.341 e. The van der Waals surface area contributed by atoms with Crippen molar-refractivity contribution in [3.05, 3.63) is 40.2 Å². The van der Waals surface area contributed by atoms with Crippen molar-refractivity contribution in [3.8, 4) is 0 Å². The van der Waals surface area contributed by atoms with Gasteiger partial charge in [-0.2, -0.15) is 0 Å². The van der Waals surface area contributed by atoms with Crippen molar-refractivity contribution < 1.29 is 18.7 Å². The van der Waals surface area contributed by atoms with Crippen LogP contribution < -0.4 is 11.1 Å². The Kier molecular flexibility index (Phi) is 4.77. The quantitative estimate of drug-likeness (QED) is 0.828. The molecular formula is C14H16N2O4S. The minimum absolute atomic E-state index is 0.149. The van der Waals surface area contributed by atoms with E-state index < -0.39 is 11.9 Å². The summed E-state index contributed by atoms with van der Waals surface area (Å²) in [7, 11) is 0. The van der Waals surface area contributed by atoms with Crippen LogP contribution in [0.25, 0.3) is 0 Å². The number of rotatable bonds is 5. The molecule has 7 heteroatoms. The van der Waals surface area contributed by atoms with E-state index in [9.17, 15) is 9.59 Å². The Morgan fingerprint density at radius 3 is 2.81 bits per heavy atom. The number of anilines is 1. The van der Waals surface area contributed by atoms with E-state index in [4.69, 9.17) is 14.9 Å². The highest BCUT2D eigenvalue weighted by molar-refractivity contribution is 7.16. The average Bonchev–Trinajstić information content (AvgIpc) is 3.05. The maximum absolute atomic E-state index is 12.1. The van der Waals surface area contributed by atoms with Gasteiger partial charge in [0.1, 0.15) is 10.8 Å². The zero-order valence-corrected chi connectivity index (χ0v) is 12.6. The molecule has 6 nitrogen and oxygen atoms in total. The van der Waals surface area contributed by atoms with Crippen molar-refractivity contribution in [1.29, 1.82) is 0 Å². The van der Waals surface area contributed by atoms with Gasteiger partial charge in [-0.05, 0) is 32.0 Å². The van der Waals surface area contributed by atoms with Gasteiger partial charge < -0.3 is 20.2 Å². The van der Waals surface area contributed by atoms with Crippen LogP contribution in [-0.4, -0.2) is 18.5 Å². The van der Waals surface area contributed by atoms with Crippen molar-refractivity contribution in [2.24, 2.45) is 5.73 Å². The van der Waals surface area contributed by atoms with Gasteiger partial charge in [0.25, 0.3) is 5.91 Å². The van der Waals surface area contributed by atoms with Crippen LogP contribution in [0.1, 0.15) is 38.5 Å². The number of hydrogen-bond donors (Lipinski definition) is 2. The van der Waals surface area contributed by atoms with E-state index in [0.29, 0.717) is 16.3 Å². The topological polar surface area (TPSA) is 94.6 Å². The van der Waals surface area contributed by atoms with Gasteiger partial charge in [-0.3, -0.25) is 4.79 Å². The highest BCUT2D eigenvalue weighted by atomic mass is 32.1. The Labute approximate surface area is 125 Å². The summed E-state index contributed by atoms with van der Waals surface area (Å²) in [6, 6.07) is 4.87. The molecule has 0 spiro atoms. The highest BCUT2D eigenvalue weighted by Crippen LogP contribution is 2.28. The van der Waals surface area contributed by atoms with Crippen molar-refractivity contribution in [1.82, 2.24) is 0 Å². The number of amides is 1. The average molecular weight is 308 g/mol. The van der Waals surface area contributed by atoms with Crippen molar-refractivity contribution in [2.45, 2.75) is 20.4 Å². The largest absolute Gasteiger partial charge is 0.462 e. The molecule has 0 aliphatic carbocycles. The molecule has 3 N–H and O–H groups in total. The minimum Gasteiger partial charge on any atom is -0.462 e. The summed E-state index contributed by atoms with van der Waals surface area (Å²) in [4.78, 5) is 24.8. The molecule has 2 heterocycles. The number of carbonyl (C=O) groups is 2. The molecule has 112 valence electrons. The van der Waals surface area contributed by atoms with Crippen molar-refractivity contribution in [3.63, 3.8) is 0 Å². The molecule has 2 rings (SSSR count). The zero-order valence-electron chi connectivity index (χ0n) is 11.8. The van der Waals surface area contributed by atoms with E-state index >= 15 is 0 Å². The van der Waals surface area contributed by atoms with E-state index in [1.807, 2.05) is 6.92 Å². The van der Waals surface area contributed by atoms with E-state index in [0.717, 1.165) is 4.88 Å². The standard InChI is InChI=1S/C14H16N2O4S/c1-3-19-14(18)10-6-8(2)21-13(10)16-12(17)11-5-4-9(7-15)20-11/h4-6H,3,7,15H2,1-2H3,(H,16,17). The number of furan rings is 1. The van der Waals surface area contributed by atoms with Gasteiger partial charge in [-0.15, -0.1) is 11.3 Å². The first-order chi connectivity index (χ1) is 10.0. The Morgan fingerprint density at radius 1 is 1.43 bits per heavy atom. The molecule has 0 aliphatic heterocycles. The highest BCUT2D eigenvalue weighted by Gasteiger charge is 2.19. The first kappa shape index (κ1) is 15.3. The molecule has 0 saturated carbocycles. The lowest BCUT2D eigenvalue weighted by Gasteiger charge is -2.04.